The van der Waals surface area contributed by atoms with Gasteiger partial charge in [-0.05, 0) is 42.5 Å². The number of halogens is 1. The second-order valence-corrected chi connectivity index (χ2v) is 6.72. The van der Waals surface area contributed by atoms with Crippen molar-refractivity contribution in [2.75, 3.05) is 27.2 Å². The average Bonchev–Trinajstić information content (AvgIpc) is 2.70. The predicted octanol–water partition coefficient (Wildman–Crippen LogP) is 3.48. The van der Waals surface area contributed by atoms with Crippen LogP contribution in [0.25, 0.3) is 0 Å². The molecule has 2 rings (SSSR count). The lowest BCUT2D eigenvalue weighted by Crippen LogP contribution is -2.39. The Hall–Kier alpha value is -2.09. The van der Waals surface area contributed by atoms with Crippen LogP contribution >= 0.6 is 24.0 Å². The number of hydrogen-bond donors (Lipinski definition) is 3. The molecule has 2 aromatic rings. The standard InChI is InChI=1S/C22H30N4O.HI/c1-16-8-10-19(11-9-16)17(2)15-26-22(24-4)25-13-12-18-6-5-7-20(14-18)21(27)23-3;/h5-11,14,17H,12-13,15H2,1-4H3,(H,23,27)(H2,24,25,26);1H. The van der Waals surface area contributed by atoms with Crippen molar-refractivity contribution in [2.24, 2.45) is 4.99 Å². The molecule has 28 heavy (non-hydrogen) atoms. The van der Waals surface area contributed by atoms with E-state index >= 15 is 0 Å². The largest absolute Gasteiger partial charge is 0.356 e. The van der Waals surface area contributed by atoms with Gasteiger partial charge in [0, 0.05) is 32.7 Å². The average molecular weight is 494 g/mol. The number of nitrogens with one attached hydrogen (secondary N) is 3. The minimum Gasteiger partial charge on any atom is -0.356 e. The zero-order valence-corrected chi connectivity index (χ0v) is 19.4. The van der Waals surface area contributed by atoms with E-state index in [9.17, 15) is 4.79 Å². The smallest absolute Gasteiger partial charge is 0.251 e. The van der Waals surface area contributed by atoms with Crippen LogP contribution in [0.1, 0.15) is 39.9 Å². The Morgan fingerprint density at radius 3 is 2.46 bits per heavy atom. The summed E-state index contributed by atoms with van der Waals surface area (Å²) in [6, 6.07) is 16.3. The monoisotopic (exact) mass is 494 g/mol. The summed E-state index contributed by atoms with van der Waals surface area (Å²) in [5.41, 5.74) is 4.39. The quantitative estimate of drug-likeness (QED) is 0.314. The Morgan fingerprint density at radius 1 is 1.11 bits per heavy atom. The maximum Gasteiger partial charge on any atom is 0.251 e. The van der Waals surface area contributed by atoms with Gasteiger partial charge in [-0.3, -0.25) is 9.79 Å². The Morgan fingerprint density at radius 2 is 1.82 bits per heavy atom. The van der Waals surface area contributed by atoms with E-state index in [1.807, 2.05) is 24.3 Å². The van der Waals surface area contributed by atoms with E-state index in [1.54, 1.807) is 14.1 Å². The van der Waals surface area contributed by atoms with Crippen LogP contribution in [0, 0.1) is 6.92 Å². The molecular weight excluding hydrogens is 463 g/mol. The summed E-state index contributed by atoms with van der Waals surface area (Å²) in [7, 11) is 3.42. The lowest BCUT2D eigenvalue weighted by atomic mass is 10.0. The summed E-state index contributed by atoms with van der Waals surface area (Å²) in [6.45, 7) is 5.86. The first kappa shape index (κ1) is 23.9. The van der Waals surface area contributed by atoms with Crippen molar-refractivity contribution in [1.82, 2.24) is 16.0 Å². The SMILES string of the molecule is CN=C(NCCc1cccc(C(=O)NC)c1)NCC(C)c1ccc(C)cc1.I. The van der Waals surface area contributed by atoms with E-state index in [0.29, 0.717) is 11.5 Å². The molecule has 0 radical (unpaired) electrons. The second-order valence-electron chi connectivity index (χ2n) is 6.72. The zero-order chi connectivity index (χ0) is 19.6. The van der Waals surface area contributed by atoms with Gasteiger partial charge in [0.1, 0.15) is 0 Å². The van der Waals surface area contributed by atoms with Gasteiger partial charge < -0.3 is 16.0 Å². The van der Waals surface area contributed by atoms with E-state index in [1.165, 1.54) is 11.1 Å². The highest BCUT2D eigenvalue weighted by atomic mass is 127. The van der Waals surface area contributed by atoms with Gasteiger partial charge in [-0.1, -0.05) is 48.9 Å². The summed E-state index contributed by atoms with van der Waals surface area (Å²) in [6.07, 6.45) is 0.819. The number of hydrogen-bond acceptors (Lipinski definition) is 2. The minimum atomic E-state index is -0.0626. The lowest BCUT2D eigenvalue weighted by Gasteiger charge is -2.16. The van der Waals surface area contributed by atoms with Gasteiger partial charge in [0.2, 0.25) is 0 Å². The van der Waals surface area contributed by atoms with Crippen LogP contribution in [-0.2, 0) is 6.42 Å². The molecule has 1 unspecified atom stereocenters. The van der Waals surface area contributed by atoms with Gasteiger partial charge in [-0.25, -0.2) is 0 Å². The Labute approximate surface area is 185 Å². The highest BCUT2D eigenvalue weighted by molar-refractivity contribution is 14.0. The van der Waals surface area contributed by atoms with Crippen LogP contribution in [-0.4, -0.2) is 39.1 Å². The summed E-state index contributed by atoms with van der Waals surface area (Å²) in [5, 5.41) is 9.37. The number of benzene rings is 2. The molecule has 0 aliphatic rings. The number of carbonyl (C=O) groups excluding carboxylic acids is 1. The molecule has 6 heteroatoms. The van der Waals surface area contributed by atoms with Crippen molar-refractivity contribution in [3.05, 3.63) is 70.8 Å². The van der Waals surface area contributed by atoms with E-state index < -0.39 is 0 Å². The lowest BCUT2D eigenvalue weighted by molar-refractivity contribution is 0.0963. The molecule has 0 saturated heterocycles. The van der Waals surface area contributed by atoms with Crippen molar-refractivity contribution >= 4 is 35.8 Å². The molecule has 0 aliphatic heterocycles. The fourth-order valence-corrected chi connectivity index (χ4v) is 2.82. The summed E-state index contributed by atoms with van der Waals surface area (Å²) in [4.78, 5) is 16.0. The number of nitrogens with zero attached hydrogens (tertiary/aromatic N) is 1. The van der Waals surface area contributed by atoms with Gasteiger partial charge in [0.25, 0.3) is 5.91 Å². The molecule has 0 fully saturated rings. The van der Waals surface area contributed by atoms with Gasteiger partial charge in [-0.2, -0.15) is 0 Å². The second kappa shape index (κ2) is 12.4. The van der Waals surface area contributed by atoms with Crippen LogP contribution < -0.4 is 16.0 Å². The predicted molar refractivity (Wildman–Crippen MR) is 128 cm³/mol. The molecule has 0 aromatic heterocycles. The summed E-state index contributed by atoms with van der Waals surface area (Å²) < 4.78 is 0. The van der Waals surface area contributed by atoms with Gasteiger partial charge in [-0.15, -0.1) is 24.0 Å². The molecule has 0 bridgehead atoms. The van der Waals surface area contributed by atoms with Gasteiger partial charge >= 0.3 is 0 Å². The Bertz CT molecular complexity index is 774. The number of guanidine groups is 1. The van der Waals surface area contributed by atoms with Crippen LogP contribution in [0.4, 0.5) is 0 Å². The third-order valence-electron chi connectivity index (χ3n) is 4.57. The van der Waals surface area contributed by atoms with Crippen LogP contribution in [0.3, 0.4) is 0 Å². The van der Waals surface area contributed by atoms with E-state index in [4.69, 9.17) is 0 Å². The zero-order valence-electron chi connectivity index (χ0n) is 17.1. The molecule has 1 atom stereocenters. The van der Waals surface area contributed by atoms with Gasteiger partial charge in [0.15, 0.2) is 5.96 Å². The molecule has 0 spiro atoms. The number of aryl methyl sites for hydroxylation is 1. The third kappa shape index (κ3) is 7.50. The van der Waals surface area contributed by atoms with Gasteiger partial charge in [0.05, 0.1) is 0 Å². The normalized spacial score (nSPS) is 11.9. The first-order chi connectivity index (χ1) is 13.0. The van der Waals surface area contributed by atoms with E-state index in [0.717, 1.165) is 31.0 Å². The Kier molecular flexibility index (Phi) is 10.6. The van der Waals surface area contributed by atoms with Crippen LogP contribution in [0.2, 0.25) is 0 Å². The molecule has 152 valence electrons. The molecule has 5 nitrogen and oxygen atoms in total. The first-order valence-corrected chi connectivity index (χ1v) is 9.35. The molecule has 0 saturated carbocycles. The first-order valence-electron chi connectivity index (χ1n) is 9.35. The maximum absolute atomic E-state index is 11.7. The molecule has 0 heterocycles. The fourth-order valence-electron chi connectivity index (χ4n) is 2.82. The van der Waals surface area contributed by atoms with E-state index in [-0.39, 0.29) is 29.9 Å². The number of rotatable bonds is 7. The highest BCUT2D eigenvalue weighted by Gasteiger charge is 2.07. The molecule has 1 amide bonds. The molecular formula is C22H31IN4O. The van der Waals surface area contributed by atoms with Crippen molar-refractivity contribution in [3.63, 3.8) is 0 Å². The van der Waals surface area contributed by atoms with Crippen LogP contribution in [0.5, 0.6) is 0 Å². The summed E-state index contributed by atoms with van der Waals surface area (Å²) in [5.74, 6) is 1.12. The number of amides is 1. The molecule has 0 aliphatic carbocycles. The minimum absolute atomic E-state index is 0. The molecule has 2 aromatic carbocycles. The third-order valence-corrected chi connectivity index (χ3v) is 4.57. The summed E-state index contributed by atoms with van der Waals surface area (Å²) >= 11 is 0. The fraction of sp³-hybridized carbons (Fsp3) is 0.364. The van der Waals surface area contributed by atoms with Crippen molar-refractivity contribution in [1.29, 1.82) is 0 Å². The maximum atomic E-state index is 11.7. The highest BCUT2D eigenvalue weighted by Crippen LogP contribution is 2.14. The van der Waals surface area contributed by atoms with Crippen molar-refractivity contribution < 1.29 is 4.79 Å². The molecule has 3 N–H and O–H groups in total. The van der Waals surface area contributed by atoms with Crippen LogP contribution in [0.15, 0.2) is 53.5 Å². The topological polar surface area (TPSA) is 65.5 Å². The number of aliphatic imine (C=N–C) groups is 1. The van der Waals surface area contributed by atoms with Crippen molar-refractivity contribution in [2.45, 2.75) is 26.2 Å². The Balaban J connectivity index is 0.00000392. The van der Waals surface area contributed by atoms with Crippen molar-refractivity contribution in [3.8, 4) is 0 Å². The number of carbonyl (C=O) groups is 1. The van der Waals surface area contributed by atoms with E-state index in [2.05, 4.69) is 59.1 Å².